The predicted molar refractivity (Wildman–Crippen MR) is 164 cm³/mol. The zero-order valence-electron chi connectivity index (χ0n) is 22.7. The van der Waals surface area contributed by atoms with Crippen molar-refractivity contribution >= 4 is 27.6 Å². The normalized spacial score (nSPS) is 17.7. The van der Waals surface area contributed by atoms with E-state index in [0.29, 0.717) is 33.6 Å². The van der Waals surface area contributed by atoms with E-state index < -0.39 is 27.4 Å². The molecule has 2 atom stereocenters. The summed E-state index contributed by atoms with van der Waals surface area (Å²) in [6.07, 6.45) is 0.0595. The number of halogens is 1. The van der Waals surface area contributed by atoms with Crippen molar-refractivity contribution in [3.05, 3.63) is 138 Å². The van der Waals surface area contributed by atoms with Crippen molar-refractivity contribution in [1.29, 1.82) is 0 Å². The molecule has 0 saturated heterocycles. The quantitative estimate of drug-likeness (QED) is 0.167. The molecule has 1 aliphatic rings. The average molecular weight is 612 g/mol. The first-order chi connectivity index (χ1) is 20.7. The van der Waals surface area contributed by atoms with E-state index >= 15 is 0 Å². The van der Waals surface area contributed by atoms with Crippen LogP contribution >= 0.6 is 11.6 Å². The van der Waals surface area contributed by atoms with Gasteiger partial charge in [0.2, 0.25) is 10.0 Å². The first-order valence-corrected chi connectivity index (χ1v) is 15.3. The maximum atomic E-state index is 13.4. The summed E-state index contributed by atoms with van der Waals surface area (Å²) in [7, 11) is -4.18. The summed E-state index contributed by atoms with van der Waals surface area (Å²) in [6, 6.07) is 36.9. The molecule has 7 nitrogen and oxygen atoms in total. The van der Waals surface area contributed by atoms with E-state index in [4.69, 9.17) is 21.1 Å². The third-order valence-electron chi connectivity index (χ3n) is 7.26. The first kappa shape index (κ1) is 28.5. The van der Waals surface area contributed by atoms with E-state index in [-0.39, 0.29) is 11.3 Å². The Morgan fingerprint density at radius 2 is 1.21 bits per heavy atom. The second kappa shape index (κ2) is 11.6. The van der Waals surface area contributed by atoms with Crippen LogP contribution in [0.4, 0.5) is 0 Å². The molecule has 0 aliphatic heterocycles. The van der Waals surface area contributed by atoms with E-state index in [0.717, 1.165) is 11.1 Å². The van der Waals surface area contributed by atoms with Crippen LogP contribution in [0.1, 0.15) is 17.9 Å². The predicted octanol–water partition coefficient (Wildman–Crippen LogP) is 7.88. The van der Waals surface area contributed by atoms with E-state index in [1.54, 1.807) is 66.7 Å². The van der Waals surface area contributed by atoms with Crippen LogP contribution in [0.15, 0.2) is 132 Å². The number of aliphatic carboxylic acids is 1. The molecule has 1 fully saturated rings. The molecule has 6 rings (SSSR count). The molecule has 0 amide bonds. The van der Waals surface area contributed by atoms with Crippen LogP contribution < -0.4 is 14.2 Å². The highest BCUT2D eigenvalue weighted by Gasteiger charge is 2.63. The van der Waals surface area contributed by atoms with Crippen LogP contribution in [0.3, 0.4) is 0 Å². The Kier molecular flexibility index (Phi) is 7.66. The van der Waals surface area contributed by atoms with Crippen LogP contribution in [0.5, 0.6) is 23.0 Å². The molecular weight excluding hydrogens is 586 g/mol. The number of carboxylic acid groups (broad SMARTS) is 1. The summed E-state index contributed by atoms with van der Waals surface area (Å²) in [6.45, 7) is 0. The van der Waals surface area contributed by atoms with Crippen molar-refractivity contribution in [1.82, 2.24) is 4.72 Å². The fourth-order valence-electron chi connectivity index (χ4n) is 4.99. The van der Waals surface area contributed by atoms with E-state index in [2.05, 4.69) is 4.72 Å². The van der Waals surface area contributed by atoms with Gasteiger partial charge in [0, 0.05) is 17.0 Å². The highest BCUT2D eigenvalue weighted by atomic mass is 35.5. The van der Waals surface area contributed by atoms with Crippen LogP contribution in [-0.4, -0.2) is 25.0 Å². The first-order valence-electron chi connectivity index (χ1n) is 13.5. The third-order valence-corrected chi connectivity index (χ3v) is 9.04. The lowest BCUT2D eigenvalue weighted by molar-refractivity contribution is -0.140. The monoisotopic (exact) mass is 611 g/mol. The molecule has 0 aromatic heterocycles. The van der Waals surface area contributed by atoms with Crippen molar-refractivity contribution in [2.75, 3.05) is 0 Å². The molecule has 0 unspecified atom stereocenters. The summed E-state index contributed by atoms with van der Waals surface area (Å²) in [5, 5.41) is 10.9. The summed E-state index contributed by atoms with van der Waals surface area (Å²) in [5.74, 6) is 0.119. The lowest BCUT2D eigenvalue weighted by Gasteiger charge is -2.17. The van der Waals surface area contributed by atoms with Crippen molar-refractivity contribution in [2.24, 2.45) is 0 Å². The van der Waals surface area contributed by atoms with Crippen molar-refractivity contribution in [2.45, 2.75) is 22.8 Å². The van der Waals surface area contributed by atoms with Gasteiger partial charge in [0.1, 0.15) is 28.5 Å². The fourth-order valence-corrected chi connectivity index (χ4v) is 6.52. The van der Waals surface area contributed by atoms with Gasteiger partial charge >= 0.3 is 5.97 Å². The number of carbonyl (C=O) groups is 1. The summed E-state index contributed by atoms with van der Waals surface area (Å²) >= 11 is 5.97. The molecule has 0 spiro atoms. The van der Waals surface area contributed by atoms with E-state index in [1.807, 2.05) is 48.5 Å². The summed E-state index contributed by atoms with van der Waals surface area (Å²) in [5.41, 5.74) is 0.511. The molecule has 2 N–H and O–H groups in total. The number of rotatable bonds is 10. The lowest BCUT2D eigenvalue weighted by atomic mass is 10.1. The van der Waals surface area contributed by atoms with Gasteiger partial charge in [0.25, 0.3) is 0 Å². The number of ether oxygens (including phenoxy) is 2. The molecule has 1 aliphatic carbocycles. The van der Waals surface area contributed by atoms with Crippen molar-refractivity contribution in [3.8, 4) is 34.1 Å². The molecule has 0 radical (unpaired) electrons. The second-order valence-electron chi connectivity index (χ2n) is 10.2. The van der Waals surface area contributed by atoms with E-state index in [1.165, 1.54) is 12.1 Å². The highest BCUT2D eigenvalue weighted by molar-refractivity contribution is 7.89. The summed E-state index contributed by atoms with van der Waals surface area (Å²) < 4.78 is 41.5. The van der Waals surface area contributed by atoms with Crippen LogP contribution in [0.2, 0.25) is 5.02 Å². The number of benzene rings is 5. The number of sulfonamides is 1. The van der Waals surface area contributed by atoms with Gasteiger partial charge in [-0.2, -0.15) is 4.72 Å². The van der Waals surface area contributed by atoms with Gasteiger partial charge in [0.05, 0.1) is 4.90 Å². The molecule has 43 heavy (non-hydrogen) atoms. The SMILES string of the molecule is O=C(O)[C@@]1(NS(=O)(=O)c2ccc(-c3ccc(Cl)cc3)cc2)C[C@H]1c1cc(Oc2ccccc2)cc(Oc2ccccc2)c1. The summed E-state index contributed by atoms with van der Waals surface area (Å²) in [4.78, 5) is 12.6. The Morgan fingerprint density at radius 3 is 1.70 bits per heavy atom. The Labute approximate surface area is 254 Å². The molecule has 0 heterocycles. The molecule has 1 saturated carbocycles. The van der Waals surface area contributed by atoms with Gasteiger partial charge in [-0.15, -0.1) is 0 Å². The van der Waals surface area contributed by atoms with Crippen LogP contribution in [0, 0.1) is 0 Å². The number of carboxylic acids is 1. The van der Waals surface area contributed by atoms with Crippen molar-refractivity contribution in [3.63, 3.8) is 0 Å². The Balaban J connectivity index is 1.28. The smallest absolute Gasteiger partial charge is 0.325 e. The zero-order chi connectivity index (χ0) is 30.0. The Bertz CT molecular complexity index is 1810. The molecular formula is C34H26ClNO6S. The maximum absolute atomic E-state index is 13.4. The van der Waals surface area contributed by atoms with Crippen LogP contribution in [-0.2, 0) is 14.8 Å². The second-order valence-corrected chi connectivity index (χ2v) is 12.4. The number of hydrogen-bond donors (Lipinski definition) is 2. The lowest BCUT2D eigenvalue weighted by Crippen LogP contribution is -2.44. The standard InChI is InChI=1S/C34H26ClNO6S/c35-26-15-11-23(12-16-26)24-13-17-31(18-14-24)43(39,40)36-34(33(37)38)22-32(34)25-19-29(41-27-7-3-1-4-8-27)21-30(20-25)42-28-9-5-2-6-10-28/h1-21,32,36H,22H2,(H,37,38)/t32-,34+/m0/s1. The topological polar surface area (TPSA) is 102 Å². The number of hydrogen-bond acceptors (Lipinski definition) is 5. The fraction of sp³-hybridized carbons (Fsp3) is 0.0882. The molecule has 216 valence electrons. The van der Waals surface area contributed by atoms with Gasteiger partial charge in [-0.05, 0) is 83.8 Å². The molecule has 5 aromatic carbocycles. The third kappa shape index (κ3) is 6.27. The maximum Gasteiger partial charge on any atom is 0.325 e. The zero-order valence-corrected chi connectivity index (χ0v) is 24.3. The van der Waals surface area contributed by atoms with Gasteiger partial charge in [-0.1, -0.05) is 72.3 Å². The van der Waals surface area contributed by atoms with Gasteiger partial charge in [0.15, 0.2) is 0 Å². The minimum atomic E-state index is -4.18. The van der Waals surface area contributed by atoms with Gasteiger partial charge < -0.3 is 14.6 Å². The Morgan fingerprint density at radius 1 is 0.721 bits per heavy atom. The Hall–Kier alpha value is -4.63. The minimum Gasteiger partial charge on any atom is -0.480 e. The van der Waals surface area contributed by atoms with Gasteiger partial charge in [-0.3, -0.25) is 4.79 Å². The number of nitrogens with one attached hydrogen (secondary N) is 1. The molecule has 5 aromatic rings. The van der Waals surface area contributed by atoms with Crippen LogP contribution in [0.25, 0.3) is 11.1 Å². The average Bonchev–Trinajstić information content (AvgIpc) is 3.73. The van der Waals surface area contributed by atoms with E-state index in [9.17, 15) is 18.3 Å². The highest BCUT2D eigenvalue weighted by Crippen LogP contribution is 2.54. The van der Waals surface area contributed by atoms with Crippen molar-refractivity contribution < 1.29 is 27.8 Å². The molecule has 9 heteroatoms. The minimum absolute atomic E-state index is 0.0363. The molecule has 0 bridgehead atoms. The number of para-hydroxylation sites is 2. The largest absolute Gasteiger partial charge is 0.480 e. The van der Waals surface area contributed by atoms with Gasteiger partial charge in [-0.25, -0.2) is 8.42 Å².